The third kappa shape index (κ3) is 2.92. The van der Waals surface area contributed by atoms with Crippen molar-refractivity contribution in [3.63, 3.8) is 0 Å². The van der Waals surface area contributed by atoms with Crippen molar-refractivity contribution in [2.75, 3.05) is 0 Å². The van der Waals surface area contributed by atoms with Gasteiger partial charge in [-0.25, -0.2) is 4.79 Å². The maximum absolute atomic E-state index is 10.7. The maximum atomic E-state index is 10.7. The van der Waals surface area contributed by atoms with Crippen LogP contribution in [0.15, 0.2) is 23.3 Å². The number of benzene rings is 1. The van der Waals surface area contributed by atoms with E-state index in [0.29, 0.717) is 0 Å². The standard InChI is InChI=1S/C9H9N3O3S/c10-9(16)12-11-4-5-2-1-3-6(7(5)13)8(14)15/h1-4,13H,(H,14,15)(H3,10,12,16)/b11-4+. The molecule has 0 radical (unpaired) electrons. The Bertz CT molecular complexity index is 459. The third-order valence-corrected chi connectivity index (χ3v) is 1.77. The molecule has 1 aromatic carbocycles. The number of carbonyl (C=O) groups is 1. The number of hydrazone groups is 1. The lowest BCUT2D eigenvalue weighted by atomic mass is 10.1. The Hall–Kier alpha value is -2.15. The lowest BCUT2D eigenvalue weighted by molar-refractivity contribution is 0.0693. The Morgan fingerprint density at radius 3 is 2.81 bits per heavy atom. The van der Waals surface area contributed by atoms with Crippen LogP contribution in [0.25, 0.3) is 0 Å². The molecule has 1 rings (SSSR count). The summed E-state index contributed by atoms with van der Waals surface area (Å²) < 4.78 is 0. The topological polar surface area (TPSA) is 108 Å². The molecule has 0 aliphatic rings. The second-order valence-electron chi connectivity index (χ2n) is 2.78. The van der Waals surface area contributed by atoms with Gasteiger partial charge in [0.1, 0.15) is 11.3 Å². The minimum Gasteiger partial charge on any atom is -0.506 e. The van der Waals surface area contributed by atoms with E-state index in [1.54, 1.807) is 0 Å². The molecule has 0 heterocycles. The lowest BCUT2D eigenvalue weighted by Crippen LogP contribution is -2.24. The highest BCUT2D eigenvalue weighted by Gasteiger charge is 2.11. The summed E-state index contributed by atoms with van der Waals surface area (Å²) in [5, 5.41) is 21.9. The van der Waals surface area contributed by atoms with Gasteiger partial charge in [-0.3, -0.25) is 5.43 Å². The van der Waals surface area contributed by atoms with E-state index in [2.05, 4.69) is 22.7 Å². The SMILES string of the molecule is NC(=S)N/N=C/c1cccc(C(=O)O)c1O. The largest absolute Gasteiger partial charge is 0.506 e. The average molecular weight is 239 g/mol. The molecule has 0 spiro atoms. The van der Waals surface area contributed by atoms with Crippen molar-refractivity contribution < 1.29 is 15.0 Å². The van der Waals surface area contributed by atoms with Gasteiger partial charge in [-0.2, -0.15) is 5.10 Å². The monoisotopic (exact) mass is 239 g/mol. The van der Waals surface area contributed by atoms with Crippen LogP contribution in [-0.2, 0) is 0 Å². The molecular weight excluding hydrogens is 230 g/mol. The van der Waals surface area contributed by atoms with Gasteiger partial charge < -0.3 is 15.9 Å². The summed E-state index contributed by atoms with van der Waals surface area (Å²) in [4.78, 5) is 10.7. The first kappa shape index (κ1) is 11.9. The smallest absolute Gasteiger partial charge is 0.339 e. The molecule has 0 saturated heterocycles. The molecule has 84 valence electrons. The van der Waals surface area contributed by atoms with E-state index in [-0.39, 0.29) is 22.0 Å². The van der Waals surface area contributed by atoms with Crippen LogP contribution in [0.1, 0.15) is 15.9 Å². The normalized spacial score (nSPS) is 10.2. The molecule has 5 N–H and O–H groups in total. The van der Waals surface area contributed by atoms with Gasteiger partial charge in [0.15, 0.2) is 5.11 Å². The molecule has 0 aliphatic carbocycles. The molecule has 0 amide bonds. The van der Waals surface area contributed by atoms with E-state index in [1.165, 1.54) is 24.4 Å². The highest BCUT2D eigenvalue weighted by Crippen LogP contribution is 2.20. The Kier molecular flexibility index (Phi) is 3.78. The van der Waals surface area contributed by atoms with E-state index in [9.17, 15) is 9.90 Å². The van der Waals surface area contributed by atoms with E-state index in [0.717, 1.165) is 0 Å². The van der Waals surface area contributed by atoms with Gasteiger partial charge >= 0.3 is 5.97 Å². The second-order valence-corrected chi connectivity index (χ2v) is 3.22. The van der Waals surface area contributed by atoms with E-state index < -0.39 is 5.97 Å². The number of nitrogens with one attached hydrogen (secondary N) is 1. The highest BCUT2D eigenvalue weighted by molar-refractivity contribution is 7.80. The predicted molar refractivity (Wildman–Crippen MR) is 62.6 cm³/mol. The van der Waals surface area contributed by atoms with Crippen LogP contribution in [0.2, 0.25) is 0 Å². The first-order chi connectivity index (χ1) is 7.52. The fraction of sp³-hybridized carbons (Fsp3) is 0. The van der Waals surface area contributed by atoms with Gasteiger partial charge in [0.25, 0.3) is 0 Å². The number of nitrogens with two attached hydrogens (primary N) is 1. The minimum absolute atomic E-state index is 0.0230. The zero-order valence-corrected chi connectivity index (χ0v) is 8.86. The molecule has 0 fully saturated rings. The number of carboxylic acids is 1. The van der Waals surface area contributed by atoms with Gasteiger partial charge in [0, 0.05) is 5.56 Å². The summed E-state index contributed by atoms with van der Waals surface area (Å²) >= 11 is 4.51. The fourth-order valence-electron chi connectivity index (χ4n) is 1.00. The molecule has 0 aliphatic heterocycles. The van der Waals surface area contributed by atoms with Crippen molar-refractivity contribution in [1.82, 2.24) is 5.43 Å². The van der Waals surface area contributed by atoms with Crippen molar-refractivity contribution in [3.05, 3.63) is 29.3 Å². The molecular formula is C9H9N3O3S. The first-order valence-electron chi connectivity index (χ1n) is 4.16. The number of phenols is 1. The number of nitrogens with zero attached hydrogens (tertiary/aromatic N) is 1. The Balaban J connectivity index is 2.97. The lowest BCUT2D eigenvalue weighted by Gasteiger charge is -2.02. The van der Waals surface area contributed by atoms with Gasteiger partial charge in [0.05, 0.1) is 6.21 Å². The average Bonchev–Trinajstić information content (AvgIpc) is 2.19. The zero-order valence-electron chi connectivity index (χ0n) is 8.04. The van der Waals surface area contributed by atoms with Gasteiger partial charge in [-0.05, 0) is 24.4 Å². The number of aromatic hydroxyl groups is 1. The summed E-state index contributed by atoms with van der Waals surface area (Å²) in [7, 11) is 0. The summed E-state index contributed by atoms with van der Waals surface area (Å²) in [6.45, 7) is 0. The Morgan fingerprint density at radius 2 is 2.25 bits per heavy atom. The fourth-order valence-corrected chi connectivity index (χ4v) is 1.06. The summed E-state index contributed by atoms with van der Waals surface area (Å²) in [6.07, 6.45) is 1.22. The van der Waals surface area contributed by atoms with Crippen LogP contribution >= 0.6 is 12.2 Å². The Morgan fingerprint density at radius 1 is 1.56 bits per heavy atom. The van der Waals surface area contributed by atoms with E-state index >= 15 is 0 Å². The molecule has 0 bridgehead atoms. The second kappa shape index (κ2) is 5.08. The highest BCUT2D eigenvalue weighted by atomic mass is 32.1. The van der Waals surface area contributed by atoms with Crippen molar-refractivity contribution >= 4 is 29.5 Å². The number of carboxylic acid groups (broad SMARTS) is 1. The Labute approximate surface area is 96.4 Å². The van der Waals surface area contributed by atoms with Crippen molar-refractivity contribution in [1.29, 1.82) is 0 Å². The van der Waals surface area contributed by atoms with E-state index in [1.807, 2.05) is 0 Å². The number of aromatic carboxylic acids is 1. The van der Waals surface area contributed by atoms with Crippen molar-refractivity contribution in [2.24, 2.45) is 10.8 Å². The van der Waals surface area contributed by atoms with Crippen LogP contribution in [-0.4, -0.2) is 27.5 Å². The molecule has 1 aromatic rings. The van der Waals surface area contributed by atoms with Gasteiger partial charge in [0.2, 0.25) is 0 Å². The number of thiocarbonyl (C=S) groups is 1. The van der Waals surface area contributed by atoms with Gasteiger partial charge in [-0.1, -0.05) is 6.07 Å². The molecule has 0 aromatic heterocycles. The van der Waals surface area contributed by atoms with E-state index in [4.69, 9.17) is 10.8 Å². The molecule has 0 unspecified atom stereocenters. The van der Waals surface area contributed by atoms with Crippen molar-refractivity contribution in [2.45, 2.75) is 0 Å². The molecule has 0 saturated carbocycles. The van der Waals surface area contributed by atoms with Crippen LogP contribution in [0.5, 0.6) is 5.75 Å². The molecule has 6 nitrogen and oxygen atoms in total. The summed E-state index contributed by atoms with van der Waals surface area (Å²) in [5.74, 6) is -1.57. The summed E-state index contributed by atoms with van der Waals surface area (Å²) in [6, 6.07) is 4.29. The molecule has 7 heteroatoms. The zero-order chi connectivity index (χ0) is 12.1. The number of para-hydroxylation sites is 1. The molecule has 0 atom stereocenters. The maximum Gasteiger partial charge on any atom is 0.339 e. The van der Waals surface area contributed by atoms with Gasteiger partial charge in [-0.15, -0.1) is 0 Å². The number of hydrogen-bond acceptors (Lipinski definition) is 4. The van der Waals surface area contributed by atoms with Crippen LogP contribution in [0.3, 0.4) is 0 Å². The first-order valence-corrected chi connectivity index (χ1v) is 4.57. The van der Waals surface area contributed by atoms with Crippen LogP contribution < -0.4 is 11.2 Å². The summed E-state index contributed by atoms with van der Waals surface area (Å²) in [5.41, 5.74) is 7.47. The van der Waals surface area contributed by atoms with Crippen molar-refractivity contribution in [3.8, 4) is 5.75 Å². The molecule has 16 heavy (non-hydrogen) atoms. The quantitative estimate of drug-likeness (QED) is 0.342. The van der Waals surface area contributed by atoms with Crippen LogP contribution in [0, 0.1) is 0 Å². The number of rotatable bonds is 3. The predicted octanol–water partition coefficient (Wildman–Crippen LogP) is 0.257. The third-order valence-electron chi connectivity index (χ3n) is 1.68. The number of hydrogen-bond donors (Lipinski definition) is 4. The minimum atomic E-state index is -1.21. The van der Waals surface area contributed by atoms with Crippen LogP contribution in [0.4, 0.5) is 0 Å².